The van der Waals surface area contributed by atoms with Crippen LogP contribution in [0.25, 0.3) is 0 Å². The molecular weight excluding hydrogens is 1120 g/mol. The van der Waals surface area contributed by atoms with Gasteiger partial charge < -0.3 is 124 Å². The number of carboxylic acids is 1. The van der Waals surface area contributed by atoms with E-state index in [0.717, 1.165) is 5.57 Å². The fourth-order valence-electron chi connectivity index (χ4n) is 17.2. The van der Waals surface area contributed by atoms with Crippen molar-refractivity contribution in [3.63, 3.8) is 0 Å². The first-order chi connectivity index (χ1) is 39.3. The van der Waals surface area contributed by atoms with Gasteiger partial charge in [-0.25, -0.2) is 0 Å². The number of esters is 1. The van der Waals surface area contributed by atoms with Crippen LogP contribution >= 0.6 is 0 Å². The van der Waals surface area contributed by atoms with Crippen molar-refractivity contribution in [2.45, 2.75) is 247 Å². The van der Waals surface area contributed by atoms with Crippen molar-refractivity contribution in [3.8, 4) is 0 Å². The summed E-state index contributed by atoms with van der Waals surface area (Å²) >= 11 is 0. The monoisotopic (exact) mass is 1210 g/mol. The highest BCUT2D eigenvalue weighted by atomic mass is 16.8. The van der Waals surface area contributed by atoms with E-state index in [0.29, 0.717) is 51.4 Å². The van der Waals surface area contributed by atoms with Crippen molar-refractivity contribution < 1.29 is 134 Å². The van der Waals surface area contributed by atoms with Crippen LogP contribution < -0.4 is 0 Å². The van der Waals surface area contributed by atoms with E-state index in [9.17, 15) is 81.4 Å². The summed E-state index contributed by atoms with van der Waals surface area (Å²) in [6, 6.07) is 0. The van der Waals surface area contributed by atoms with Gasteiger partial charge in [-0.2, -0.15) is 0 Å². The molecule has 10 aliphatic rings. The molecule has 0 aromatic carbocycles. The van der Waals surface area contributed by atoms with Crippen LogP contribution in [0.1, 0.15) is 106 Å². The molecule has 15 N–H and O–H groups in total. The zero-order valence-electron chi connectivity index (χ0n) is 48.5. The minimum absolute atomic E-state index is 0.113. The molecule has 0 radical (unpaired) electrons. The molecule has 0 unspecified atom stereocenters. The van der Waals surface area contributed by atoms with Gasteiger partial charge in [-0.05, 0) is 111 Å². The first-order valence-corrected chi connectivity index (χ1v) is 29.6. The number of allylic oxidation sites excluding steroid dienone is 2. The van der Waals surface area contributed by atoms with E-state index >= 15 is 4.79 Å². The Morgan fingerprint density at radius 3 is 1.92 bits per heavy atom. The lowest BCUT2D eigenvalue weighted by atomic mass is 9.33. The van der Waals surface area contributed by atoms with Gasteiger partial charge in [0.25, 0.3) is 0 Å². The third-order valence-corrected chi connectivity index (χ3v) is 22.5. The van der Waals surface area contributed by atoms with Gasteiger partial charge >= 0.3 is 11.9 Å². The number of aliphatic hydroxyl groups is 14. The van der Waals surface area contributed by atoms with Crippen molar-refractivity contribution in [2.24, 2.45) is 50.2 Å². The predicted octanol–water partition coefficient (Wildman–Crippen LogP) is -3.23. The Morgan fingerprint density at radius 1 is 0.619 bits per heavy atom. The molecule has 480 valence electrons. The highest BCUT2D eigenvalue weighted by molar-refractivity contribution is 5.79. The SMILES string of the molecule is C[C@@H]1O[C@@H](O[C@H]2[C@H](OC(=O)[C@]34CCC(C)(C)C[C@H]3C3=CC[C@@H]5[C@@]6(C)C[C@H](O)[C@H](O[C@@H]7O[C@H](CO)[C@@H](O)[C@H](O)[C@H]7O)[C@@](C)(C(=O)O)[C@@H]6CC[C@@]5(C)[C@]3(C)CC4)OC[C@H](O)[C@@H]2O)[C@H](O)[C@H](O)[C@H]1O[C@@H]1OC[C@@H](O)[C@H](O[C@@H]2OC[C@](O)(CO)[C@H]2O)[C@H]1O. The maximum absolute atomic E-state index is 15.4. The number of carbonyl (C=O) groups is 2. The van der Waals surface area contributed by atoms with Gasteiger partial charge in [0.2, 0.25) is 6.29 Å². The third kappa shape index (κ3) is 10.3. The lowest BCUT2D eigenvalue weighted by molar-refractivity contribution is -0.372. The van der Waals surface area contributed by atoms with Gasteiger partial charge in [0.1, 0.15) is 91.1 Å². The molecule has 4 saturated carbocycles. The van der Waals surface area contributed by atoms with Gasteiger partial charge in [0.05, 0.1) is 56.1 Å². The van der Waals surface area contributed by atoms with Crippen LogP contribution in [0.3, 0.4) is 0 Å². The van der Waals surface area contributed by atoms with Crippen molar-refractivity contribution >= 4 is 11.9 Å². The van der Waals surface area contributed by atoms with Gasteiger partial charge in [0, 0.05) is 0 Å². The maximum Gasteiger partial charge on any atom is 0.315 e. The van der Waals surface area contributed by atoms with E-state index in [-0.39, 0.29) is 23.7 Å². The first-order valence-electron chi connectivity index (χ1n) is 29.6. The lowest BCUT2D eigenvalue weighted by Crippen LogP contribution is -2.70. The second-order valence-electron chi connectivity index (χ2n) is 27.8. The first kappa shape index (κ1) is 64.7. The predicted molar refractivity (Wildman–Crippen MR) is 279 cm³/mol. The van der Waals surface area contributed by atoms with E-state index in [2.05, 4.69) is 33.8 Å². The molecule has 5 heterocycles. The Bertz CT molecular complexity index is 2420. The molecule has 0 aromatic rings. The number of aliphatic carboxylic acids is 1. The zero-order valence-corrected chi connectivity index (χ0v) is 48.5. The lowest BCUT2D eigenvalue weighted by Gasteiger charge is -2.71. The van der Waals surface area contributed by atoms with Crippen LogP contribution in [0.4, 0.5) is 0 Å². The molecule has 0 spiro atoms. The highest BCUT2D eigenvalue weighted by Gasteiger charge is 2.73. The summed E-state index contributed by atoms with van der Waals surface area (Å²) in [4.78, 5) is 29.1. The number of ether oxygens (including phenoxy) is 10. The molecule has 0 bridgehead atoms. The average Bonchev–Trinajstić information content (AvgIpc) is 0.776. The minimum atomic E-state index is -2.07. The van der Waals surface area contributed by atoms with Gasteiger partial charge in [-0.1, -0.05) is 46.3 Å². The Hall–Kier alpha value is -2.24. The fourth-order valence-corrected chi connectivity index (χ4v) is 17.2. The average molecular weight is 1210 g/mol. The molecule has 27 heteroatoms. The smallest absolute Gasteiger partial charge is 0.315 e. The molecule has 0 amide bonds. The van der Waals surface area contributed by atoms with Crippen molar-refractivity contribution in [1.29, 1.82) is 0 Å². The molecule has 5 aliphatic carbocycles. The molecule has 84 heavy (non-hydrogen) atoms. The zero-order chi connectivity index (χ0) is 61.3. The van der Waals surface area contributed by atoms with Gasteiger partial charge in [-0.3, -0.25) is 9.59 Å². The molecule has 10 rings (SSSR count). The van der Waals surface area contributed by atoms with E-state index < -0.39 is 219 Å². The van der Waals surface area contributed by atoms with E-state index in [1.165, 1.54) is 13.8 Å². The summed E-state index contributed by atoms with van der Waals surface area (Å²) in [5, 5.41) is 163. The molecule has 31 atom stereocenters. The summed E-state index contributed by atoms with van der Waals surface area (Å²) in [6.07, 6.45) is -29.5. The summed E-state index contributed by atoms with van der Waals surface area (Å²) in [6.45, 7) is 10.7. The second-order valence-corrected chi connectivity index (χ2v) is 27.8. The highest BCUT2D eigenvalue weighted by Crippen LogP contribution is 2.76. The normalized spacial score (nSPS) is 54.7. The second kappa shape index (κ2) is 23.2. The standard InChI is InChI=1S/C57H90O27/c1-23-39(80-44-38(69)40(28(62)20-75-44)81-48-42(70)57(74,21-59)22-77-48)35(66)37(68)45(78-23)82-41-32(63)27(61)19-76-47(41)84-50(73)56-14-12-51(2,3)16-25(56)24-8-9-30-52(4)17-26(60)43(83-46-36(67)34(65)33(64)29(18-58)79-46)55(7,49(71)72)31(52)10-11-54(30,6)53(24,5)13-15-56/h8,23,25-48,58-70,74H,9-22H2,1-7H3,(H,71,72)/t23-,25-,26-,27-,28+,29+,30+,31+,32-,33+,34-,35-,36+,37+,38+,39-,40-,41+,42-,43-,44-,45-,46-,47-,48-,52+,53+,54+,55-,56-,57+/m0/s1. The molecular formula is C57H90O27. The van der Waals surface area contributed by atoms with E-state index in [1.807, 2.05) is 6.92 Å². The van der Waals surface area contributed by atoms with Crippen LogP contribution in [-0.2, 0) is 57.0 Å². The topological polar surface area (TPSA) is 430 Å². The molecule has 27 nitrogen and oxygen atoms in total. The number of fused-ring (bicyclic) bond motifs is 7. The number of rotatable bonds is 13. The third-order valence-electron chi connectivity index (χ3n) is 22.5. The minimum Gasteiger partial charge on any atom is -0.481 e. The van der Waals surface area contributed by atoms with Crippen molar-refractivity contribution in [1.82, 2.24) is 0 Å². The van der Waals surface area contributed by atoms with Gasteiger partial charge in [-0.15, -0.1) is 0 Å². The summed E-state index contributed by atoms with van der Waals surface area (Å²) in [5.41, 5.74) is -5.95. The largest absolute Gasteiger partial charge is 0.481 e. The Morgan fingerprint density at radius 2 is 1.25 bits per heavy atom. The van der Waals surface area contributed by atoms with Crippen molar-refractivity contribution in [3.05, 3.63) is 11.6 Å². The fraction of sp³-hybridized carbons (Fsp3) is 0.930. The van der Waals surface area contributed by atoms with E-state index in [4.69, 9.17) is 47.4 Å². The maximum atomic E-state index is 15.4. The van der Waals surface area contributed by atoms with E-state index in [1.54, 1.807) is 0 Å². The van der Waals surface area contributed by atoms with Crippen LogP contribution in [0, 0.1) is 50.2 Å². The number of hydrogen-bond donors (Lipinski definition) is 15. The Kier molecular flexibility index (Phi) is 17.9. The molecule has 9 fully saturated rings. The van der Waals surface area contributed by atoms with Gasteiger partial charge in [0.15, 0.2) is 31.3 Å². The van der Waals surface area contributed by atoms with Crippen LogP contribution in [0.2, 0.25) is 0 Å². The van der Waals surface area contributed by atoms with Crippen LogP contribution in [0.15, 0.2) is 11.6 Å². The number of aliphatic hydroxyl groups excluding tert-OH is 13. The molecule has 5 aliphatic heterocycles. The van der Waals surface area contributed by atoms with Crippen molar-refractivity contribution in [2.75, 3.05) is 33.0 Å². The molecule has 0 aromatic heterocycles. The summed E-state index contributed by atoms with van der Waals surface area (Å²) in [5.74, 6) is -2.99. The number of hydrogen-bond acceptors (Lipinski definition) is 26. The number of carboxylic acid groups (broad SMARTS) is 1. The number of carbonyl (C=O) groups excluding carboxylic acids is 1. The summed E-state index contributed by atoms with van der Waals surface area (Å²) < 4.78 is 58.6. The van der Waals surface area contributed by atoms with Crippen LogP contribution in [0.5, 0.6) is 0 Å². The summed E-state index contributed by atoms with van der Waals surface area (Å²) in [7, 11) is 0. The molecule has 5 saturated heterocycles. The Labute approximate surface area is 486 Å². The van der Waals surface area contributed by atoms with Crippen LogP contribution in [-0.4, -0.2) is 262 Å². The quantitative estimate of drug-likeness (QED) is 0.0490. The Balaban J connectivity index is 0.852.